The Morgan fingerprint density at radius 1 is 0.459 bits per heavy atom. The summed E-state index contributed by atoms with van der Waals surface area (Å²) in [4.78, 5) is 66.5. The fourth-order valence-electron chi connectivity index (χ4n) is 16.5. The Bertz CT molecular complexity index is 2510. The Morgan fingerprint density at radius 2 is 0.811 bits per heavy atom. The molecule has 6 heterocycles. The number of hydrogen-bond acceptors (Lipinski definition) is 14. The van der Waals surface area contributed by atoms with Gasteiger partial charge in [-0.15, -0.1) is 24.8 Å². The van der Waals surface area contributed by atoms with Gasteiger partial charge in [-0.2, -0.15) is 8.75 Å². The van der Waals surface area contributed by atoms with E-state index in [0.717, 1.165) is 103 Å². The molecule has 2 N–H and O–H groups in total. The average Bonchev–Trinajstić information content (AvgIpc) is 4.32. The van der Waals surface area contributed by atoms with Crippen molar-refractivity contribution in [1.82, 2.24) is 28.3 Å². The molecule has 18 heteroatoms. The summed E-state index contributed by atoms with van der Waals surface area (Å²) in [7, 11) is 0. The first-order valence-electron chi connectivity index (χ1n) is 27.9. The van der Waals surface area contributed by atoms with E-state index in [2.05, 4.69) is 68.1 Å². The van der Waals surface area contributed by atoms with Crippen LogP contribution in [0.25, 0.3) is 20.2 Å². The van der Waals surface area contributed by atoms with Crippen molar-refractivity contribution in [2.75, 3.05) is 88.3 Å². The molecule has 14 atom stereocenters. The molecule has 6 saturated carbocycles. The lowest BCUT2D eigenvalue weighted by molar-refractivity contribution is -0.143. The molecule has 0 spiro atoms. The topological polar surface area (TPSA) is 154 Å². The molecular weight excluding hydrogens is 1020 g/mol. The Labute approximate surface area is 455 Å². The fraction of sp³-hybridized carbons (Fsp3) is 0.679. The second-order valence-corrected chi connectivity index (χ2v) is 25.4. The predicted octanol–water partition coefficient (Wildman–Crippen LogP) is 7.30. The summed E-state index contributed by atoms with van der Waals surface area (Å²) in [6.45, 7) is 11.4. The van der Waals surface area contributed by atoms with E-state index in [1.54, 1.807) is 32.9 Å². The van der Waals surface area contributed by atoms with E-state index >= 15 is 0 Å². The minimum Gasteiger partial charge on any atom is -0.393 e. The molecule has 4 aromatic rings. The van der Waals surface area contributed by atoms with Crippen molar-refractivity contribution < 1.29 is 29.4 Å². The van der Waals surface area contributed by atoms with Crippen LogP contribution in [0.4, 0.5) is 11.6 Å². The third-order valence-electron chi connectivity index (χ3n) is 20.2. The van der Waals surface area contributed by atoms with Crippen LogP contribution >= 0.6 is 47.9 Å². The number of benzene rings is 2. The molecule has 0 radical (unpaired) electrons. The molecule has 4 bridgehead atoms. The fourth-order valence-corrected chi connectivity index (χ4v) is 18.1. The van der Waals surface area contributed by atoms with Gasteiger partial charge in [-0.3, -0.25) is 38.8 Å². The van der Waals surface area contributed by atoms with Crippen LogP contribution in [0.1, 0.15) is 77.0 Å². The maximum Gasteiger partial charge on any atom is 0.233 e. The number of carbonyl (C=O) groups excluding carboxylic acids is 4. The zero-order chi connectivity index (χ0) is 48.8. The van der Waals surface area contributed by atoms with Gasteiger partial charge in [0.05, 0.1) is 45.3 Å². The van der Waals surface area contributed by atoms with Crippen molar-refractivity contribution in [3.63, 3.8) is 0 Å². The van der Waals surface area contributed by atoms with Crippen LogP contribution in [0.2, 0.25) is 0 Å². The van der Waals surface area contributed by atoms with Gasteiger partial charge in [0.1, 0.15) is 11.6 Å². The van der Waals surface area contributed by atoms with E-state index in [1.165, 1.54) is 58.7 Å². The summed E-state index contributed by atoms with van der Waals surface area (Å²) in [5.74, 6) is 3.94. The summed E-state index contributed by atoms with van der Waals surface area (Å²) in [5.41, 5.74) is 0. The van der Waals surface area contributed by atoms with Gasteiger partial charge in [0.25, 0.3) is 0 Å². The van der Waals surface area contributed by atoms with Crippen molar-refractivity contribution in [2.24, 2.45) is 71.0 Å². The van der Waals surface area contributed by atoms with E-state index < -0.39 is 12.2 Å². The zero-order valence-corrected chi connectivity index (χ0v) is 45.7. The SMILES string of the molecule is Cl.Cl.O=C1[C@@H]2[C@@H]3C[C@@H](C[C@@H]3O)[C@@H]2C(=O)N1C[C@@H]1CCCC[C@H]1CN1CCN(c2nsc3ccccc23)CC1.O=C1[C@@H]2[C@@H]3C[C@H]([C@@H]2C(=O)N1C[C@@H]1CCCC[C@H]1CN1CCN(c2nsc4ccccc24)CC1)[C@H](O)C3. The lowest BCUT2D eigenvalue weighted by Gasteiger charge is -2.40. The Kier molecular flexibility index (Phi) is 15.4. The normalized spacial score (nSPS) is 35.9. The van der Waals surface area contributed by atoms with Gasteiger partial charge in [-0.1, -0.05) is 49.9 Å². The average molecular weight is 1090 g/mol. The molecule has 2 aromatic carbocycles. The smallest absolute Gasteiger partial charge is 0.233 e. The Hall–Kier alpha value is -3.48. The van der Waals surface area contributed by atoms with Crippen molar-refractivity contribution in [3.8, 4) is 0 Å². The quantitative estimate of drug-likeness (QED) is 0.153. The first-order chi connectivity index (χ1) is 35.2. The number of fused-ring (bicyclic) bond motifs is 12. The van der Waals surface area contributed by atoms with Gasteiger partial charge in [-0.05, 0) is 146 Å². The van der Waals surface area contributed by atoms with Crippen molar-refractivity contribution in [3.05, 3.63) is 48.5 Å². The maximum atomic E-state index is 13.3. The Morgan fingerprint density at radius 3 is 1.20 bits per heavy atom. The molecule has 10 aliphatic rings. The van der Waals surface area contributed by atoms with Crippen LogP contribution < -0.4 is 9.80 Å². The number of carbonyl (C=O) groups is 4. The lowest BCUT2D eigenvalue weighted by Crippen LogP contribution is -2.49. The molecule has 4 aliphatic heterocycles. The standard InChI is InChI=1S/2C28H36N4O3S.2ClH/c2*33-22-14-19-13-21(22)25-24(19)27(34)32(28(25)35)16-18-6-2-1-5-17(18)15-30-9-11-31(12-10-30)26-20-7-3-4-8-23(20)36-29-26;;/h2*3-4,7-8,17-19,21-22,24-25,33H,1-2,5-6,9-16H2;2*1H/t17-,18-,19+,21-,22+,24+,25-;17-,18-,19-,21+,22-,24-,25+;;/m00../s1. The number of halogens is 2. The highest BCUT2D eigenvalue weighted by Gasteiger charge is 2.65. The van der Waals surface area contributed by atoms with Crippen LogP contribution in [0, 0.1) is 71.0 Å². The highest BCUT2D eigenvalue weighted by Crippen LogP contribution is 2.58. The van der Waals surface area contributed by atoms with Crippen LogP contribution in [-0.4, -0.2) is 153 Å². The highest BCUT2D eigenvalue weighted by molar-refractivity contribution is 7.14. The number of imide groups is 2. The first kappa shape index (κ1) is 52.6. The van der Waals surface area contributed by atoms with E-state index in [1.807, 2.05) is 0 Å². The van der Waals surface area contributed by atoms with Crippen LogP contribution in [0.3, 0.4) is 0 Å². The van der Waals surface area contributed by atoms with E-state index in [4.69, 9.17) is 8.75 Å². The number of anilines is 2. The number of nitrogens with zero attached hydrogens (tertiary/aromatic N) is 8. The minimum absolute atomic E-state index is 0. The van der Waals surface area contributed by atoms with Gasteiger partial charge in [0.15, 0.2) is 0 Å². The molecule has 0 unspecified atom stereocenters. The van der Waals surface area contributed by atoms with Gasteiger partial charge >= 0.3 is 0 Å². The molecule has 10 fully saturated rings. The molecule has 400 valence electrons. The summed E-state index contributed by atoms with van der Waals surface area (Å²) in [6, 6.07) is 17.0. The molecule has 14 nitrogen and oxygen atoms in total. The number of piperazine rings is 2. The molecule has 4 saturated heterocycles. The number of aliphatic hydroxyl groups is 2. The summed E-state index contributed by atoms with van der Waals surface area (Å²) in [6.07, 6.45) is 11.8. The van der Waals surface area contributed by atoms with Gasteiger partial charge < -0.3 is 20.0 Å². The van der Waals surface area contributed by atoms with Crippen molar-refractivity contribution in [1.29, 1.82) is 0 Å². The third kappa shape index (κ3) is 9.38. The van der Waals surface area contributed by atoms with Gasteiger partial charge in [-0.25, -0.2) is 0 Å². The number of aliphatic hydroxyl groups excluding tert-OH is 2. The second-order valence-electron chi connectivity index (χ2n) is 23.8. The third-order valence-corrected chi connectivity index (χ3v) is 21.8. The van der Waals surface area contributed by atoms with Gasteiger partial charge in [0.2, 0.25) is 23.6 Å². The second kappa shape index (κ2) is 21.7. The molecule has 2 aromatic heterocycles. The largest absolute Gasteiger partial charge is 0.393 e. The minimum atomic E-state index is -0.392. The molecule has 4 amide bonds. The van der Waals surface area contributed by atoms with Crippen LogP contribution in [-0.2, 0) is 19.2 Å². The monoisotopic (exact) mass is 1090 g/mol. The van der Waals surface area contributed by atoms with E-state index in [-0.39, 0.29) is 95.8 Å². The van der Waals surface area contributed by atoms with E-state index in [0.29, 0.717) is 49.6 Å². The highest BCUT2D eigenvalue weighted by atomic mass is 35.5. The predicted molar refractivity (Wildman–Crippen MR) is 294 cm³/mol. The number of hydrogen-bond donors (Lipinski definition) is 2. The molecule has 74 heavy (non-hydrogen) atoms. The zero-order valence-electron chi connectivity index (χ0n) is 42.4. The maximum absolute atomic E-state index is 13.3. The molecular formula is C56H74Cl2N8O6S2. The van der Waals surface area contributed by atoms with Gasteiger partial charge in [0, 0.05) is 89.3 Å². The lowest BCUT2D eigenvalue weighted by atomic mass is 9.78. The van der Waals surface area contributed by atoms with Crippen molar-refractivity contribution >= 4 is 103 Å². The number of amides is 4. The number of rotatable bonds is 10. The summed E-state index contributed by atoms with van der Waals surface area (Å²) < 4.78 is 12.0. The Balaban J connectivity index is 0.000000155. The van der Waals surface area contributed by atoms with E-state index in [9.17, 15) is 29.4 Å². The van der Waals surface area contributed by atoms with Crippen LogP contribution in [0.5, 0.6) is 0 Å². The number of likely N-dealkylation sites (tertiary alicyclic amines) is 2. The van der Waals surface area contributed by atoms with Crippen molar-refractivity contribution in [2.45, 2.75) is 89.3 Å². The first-order valence-corrected chi connectivity index (χ1v) is 29.4. The summed E-state index contributed by atoms with van der Waals surface area (Å²) in [5, 5.41) is 23.2. The molecule has 14 rings (SSSR count). The van der Waals surface area contributed by atoms with Crippen LogP contribution in [0.15, 0.2) is 48.5 Å². The molecule has 6 aliphatic carbocycles. The summed E-state index contributed by atoms with van der Waals surface area (Å²) >= 11 is 3.17. The number of aromatic nitrogens is 2.